The molecule has 0 aliphatic carbocycles. The van der Waals surface area contributed by atoms with Crippen LogP contribution in [0.15, 0.2) is 42.5 Å². The summed E-state index contributed by atoms with van der Waals surface area (Å²) in [5.41, 5.74) is 8.77. The van der Waals surface area contributed by atoms with E-state index in [0.717, 1.165) is 63.6 Å². The number of hydrogen-bond donors (Lipinski definition) is 2. The molecule has 2 rings (SSSR count). The average Bonchev–Trinajstić information content (AvgIpc) is 2.89. The lowest BCUT2D eigenvalue weighted by molar-refractivity contribution is -0.131. The van der Waals surface area contributed by atoms with Crippen LogP contribution in [0.2, 0.25) is 0 Å². The standard InChI is InChI=1S/C31H46FN3O3/c1-3-17-35(31(37)15-10-14-30(33)36)18-7-8-19-38-29-22-26(21-28(32)23-29)11-5-6-16-34-24-27-13-9-12-25(4-2)20-27/h9,12-13,20-23,34H,3-8,10-11,14-19,24H2,1-2H3,(H2,33,36). The van der Waals surface area contributed by atoms with Crippen LogP contribution >= 0.6 is 0 Å². The largest absolute Gasteiger partial charge is 0.493 e. The van der Waals surface area contributed by atoms with E-state index in [-0.39, 0.29) is 24.1 Å². The van der Waals surface area contributed by atoms with E-state index in [0.29, 0.717) is 38.3 Å². The van der Waals surface area contributed by atoms with E-state index >= 15 is 0 Å². The Morgan fingerprint density at radius 1 is 0.921 bits per heavy atom. The average molecular weight is 528 g/mol. The molecule has 210 valence electrons. The Balaban J connectivity index is 1.65. The highest BCUT2D eigenvalue weighted by Crippen LogP contribution is 2.19. The van der Waals surface area contributed by atoms with Gasteiger partial charge in [0.05, 0.1) is 6.61 Å². The zero-order valence-corrected chi connectivity index (χ0v) is 23.3. The topological polar surface area (TPSA) is 84.7 Å². The highest BCUT2D eigenvalue weighted by Gasteiger charge is 2.12. The Hall–Kier alpha value is -2.93. The smallest absolute Gasteiger partial charge is 0.222 e. The Labute approximate surface area is 228 Å². The number of halogens is 1. The number of hydrogen-bond acceptors (Lipinski definition) is 4. The molecule has 0 saturated carbocycles. The minimum absolute atomic E-state index is 0.0599. The molecular weight excluding hydrogens is 481 g/mol. The second-order valence-electron chi connectivity index (χ2n) is 9.86. The lowest BCUT2D eigenvalue weighted by Crippen LogP contribution is -2.32. The van der Waals surface area contributed by atoms with Crippen molar-refractivity contribution in [3.05, 3.63) is 65.0 Å². The van der Waals surface area contributed by atoms with E-state index in [4.69, 9.17) is 10.5 Å². The van der Waals surface area contributed by atoms with Crippen molar-refractivity contribution in [2.24, 2.45) is 5.73 Å². The van der Waals surface area contributed by atoms with Gasteiger partial charge in [-0.2, -0.15) is 0 Å². The molecule has 38 heavy (non-hydrogen) atoms. The van der Waals surface area contributed by atoms with Crippen LogP contribution in [0, 0.1) is 5.82 Å². The number of rotatable bonds is 20. The number of amides is 2. The van der Waals surface area contributed by atoms with Gasteiger partial charge in [0.15, 0.2) is 0 Å². The molecule has 2 amide bonds. The lowest BCUT2D eigenvalue weighted by Gasteiger charge is -2.22. The van der Waals surface area contributed by atoms with Crippen LogP contribution in [0.1, 0.15) is 81.9 Å². The number of benzene rings is 2. The molecule has 7 heteroatoms. The van der Waals surface area contributed by atoms with Gasteiger partial charge in [-0.15, -0.1) is 0 Å². The van der Waals surface area contributed by atoms with Gasteiger partial charge in [0.25, 0.3) is 0 Å². The van der Waals surface area contributed by atoms with Gasteiger partial charge in [0, 0.05) is 38.5 Å². The summed E-state index contributed by atoms with van der Waals surface area (Å²) in [4.78, 5) is 25.1. The molecule has 0 unspecified atom stereocenters. The maximum Gasteiger partial charge on any atom is 0.222 e. The number of primary amides is 1. The minimum Gasteiger partial charge on any atom is -0.493 e. The van der Waals surface area contributed by atoms with Crippen LogP contribution in [0.3, 0.4) is 0 Å². The third kappa shape index (κ3) is 13.0. The summed E-state index contributed by atoms with van der Waals surface area (Å²) < 4.78 is 20.0. The minimum atomic E-state index is -0.376. The lowest BCUT2D eigenvalue weighted by atomic mass is 10.1. The quantitative estimate of drug-likeness (QED) is 0.221. The molecular formula is C31H46FN3O3. The fraction of sp³-hybridized carbons (Fsp3) is 0.548. The first kappa shape index (κ1) is 31.3. The van der Waals surface area contributed by atoms with Gasteiger partial charge in [-0.05, 0) is 86.7 Å². The van der Waals surface area contributed by atoms with E-state index in [9.17, 15) is 14.0 Å². The van der Waals surface area contributed by atoms with Crippen molar-refractivity contribution >= 4 is 11.8 Å². The number of carbonyl (C=O) groups is 2. The summed E-state index contributed by atoms with van der Waals surface area (Å²) in [6, 6.07) is 13.6. The Bertz CT molecular complexity index is 983. The molecule has 2 aromatic rings. The number of carbonyl (C=O) groups excluding carboxylic acids is 2. The highest BCUT2D eigenvalue weighted by molar-refractivity contribution is 5.78. The zero-order valence-electron chi connectivity index (χ0n) is 23.3. The van der Waals surface area contributed by atoms with Crippen molar-refractivity contribution < 1.29 is 18.7 Å². The number of nitrogens with one attached hydrogen (secondary N) is 1. The summed E-state index contributed by atoms with van der Waals surface area (Å²) in [6.45, 7) is 7.83. The SMILES string of the molecule is CCCN(CCCCOc1cc(F)cc(CCCCNCc2cccc(CC)c2)c1)C(=O)CCCC(N)=O. The monoisotopic (exact) mass is 527 g/mol. The second kappa shape index (κ2) is 18.3. The van der Waals surface area contributed by atoms with Crippen molar-refractivity contribution in [1.82, 2.24) is 10.2 Å². The van der Waals surface area contributed by atoms with E-state index < -0.39 is 0 Å². The van der Waals surface area contributed by atoms with Crippen LogP contribution in [-0.2, 0) is 29.0 Å². The molecule has 0 aromatic heterocycles. The van der Waals surface area contributed by atoms with Gasteiger partial charge < -0.3 is 20.7 Å². The fourth-order valence-corrected chi connectivity index (χ4v) is 4.42. The van der Waals surface area contributed by atoms with E-state index in [1.807, 2.05) is 17.9 Å². The van der Waals surface area contributed by atoms with Crippen LogP contribution in [-0.4, -0.2) is 43.0 Å². The number of aryl methyl sites for hydroxylation is 2. The van der Waals surface area contributed by atoms with E-state index in [1.54, 1.807) is 6.07 Å². The maximum absolute atomic E-state index is 14.1. The van der Waals surface area contributed by atoms with Gasteiger partial charge in [0.2, 0.25) is 11.8 Å². The van der Waals surface area contributed by atoms with Crippen molar-refractivity contribution in [3.8, 4) is 5.75 Å². The third-order valence-electron chi connectivity index (χ3n) is 6.48. The summed E-state index contributed by atoms with van der Waals surface area (Å²) in [7, 11) is 0. The number of ether oxygens (including phenoxy) is 1. The van der Waals surface area contributed by atoms with Crippen LogP contribution < -0.4 is 15.8 Å². The first-order valence-electron chi connectivity index (χ1n) is 14.2. The number of nitrogens with two attached hydrogens (primary N) is 1. The molecule has 3 N–H and O–H groups in total. The fourth-order valence-electron chi connectivity index (χ4n) is 4.42. The highest BCUT2D eigenvalue weighted by atomic mass is 19.1. The predicted octanol–water partition coefficient (Wildman–Crippen LogP) is 5.55. The van der Waals surface area contributed by atoms with Crippen LogP contribution in [0.5, 0.6) is 5.75 Å². The summed E-state index contributed by atoms with van der Waals surface area (Å²) in [5, 5.41) is 3.50. The molecule has 0 aliphatic rings. The molecule has 2 aromatic carbocycles. The molecule has 0 fully saturated rings. The first-order valence-corrected chi connectivity index (χ1v) is 14.2. The molecule has 6 nitrogen and oxygen atoms in total. The Morgan fingerprint density at radius 3 is 2.50 bits per heavy atom. The Morgan fingerprint density at radius 2 is 1.74 bits per heavy atom. The molecule has 0 saturated heterocycles. The zero-order chi connectivity index (χ0) is 27.6. The second-order valence-corrected chi connectivity index (χ2v) is 9.86. The van der Waals surface area contributed by atoms with Crippen LogP contribution in [0.25, 0.3) is 0 Å². The summed E-state index contributed by atoms with van der Waals surface area (Å²) >= 11 is 0. The molecule has 0 bridgehead atoms. The van der Waals surface area contributed by atoms with E-state index in [2.05, 4.69) is 36.5 Å². The van der Waals surface area contributed by atoms with E-state index in [1.165, 1.54) is 17.2 Å². The van der Waals surface area contributed by atoms with Gasteiger partial charge in [0.1, 0.15) is 11.6 Å². The molecule has 0 aliphatic heterocycles. The first-order chi connectivity index (χ1) is 18.4. The molecule has 0 atom stereocenters. The normalized spacial score (nSPS) is 10.9. The van der Waals surface area contributed by atoms with Crippen molar-refractivity contribution in [2.75, 3.05) is 26.2 Å². The Kier molecular flexibility index (Phi) is 15.1. The predicted molar refractivity (Wildman–Crippen MR) is 152 cm³/mol. The van der Waals surface area contributed by atoms with Crippen molar-refractivity contribution in [2.45, 2.75) is 84.6 Å². The molecule has 0 heterocycles. The number of nitrogens with zero attached hydrogens (tertiary/aromatic N) is 1. The van der Waals surface area contributed by atoms with Gasteiger partial charge in [-0.3, -0.25) is 9.59 Å². The summed E-state index contributed by atoms with van der Waals surface area (Å²) in [5.74, 6) is -0.0348. The van der Waals surface area contributed by atoms with Crippen molar-refractivity contribution in [3.63, 3.8) is 0 Å². The van der Waals surface area contributed by atoms with Crippen LogP contribution in [0.4, 0.5) is 4.39 Å². The summed E-state index contributed by atoms with van der Waals surface area (Å²) in [6.07, 6.45) is 7.39. The van der Waals surface area contributed by atoms with Gasteiger partial charge in [-0.25, -0.2) is 4.39 Å². The molecule has 0 radical (unpaired) electrons. The molecule has 0 spiro atoms. The van der Waals surface area contributed by atoms with Crippen molar-refractivity contribution in [1.29, 1.82) is 0 Å². The number of unbranched alkanes of at least 4 members (excludes halogenated alkanes) is 2. The van der Waals surface area contributed by atoms with Gasteiger partial charge >= 0.3 is 0 Å². The third-order valence-corrected chi connectivity index (χ3v) is 6.48. The maximum atomic E-state index is 14.1. The van der Waals surface area contributed by atoms with Gasteiger partial charge in [-0.1, -0.05) is 38.1 Å².